The molecule has 5 aromatic rings. The van der Waals surface area contributed by atoms with Crippen LogP contribution in [0.1, 0.15) is 29.5 Å². The fourth-order valence-corrected chi connectivity index (χ4v) is 5.89. The first-order valence-corrected chi connectivity index (χ1v) is 15.4. The van der Waals surface area contributed by atoms with Crippen LogP contribution in [0.3, 0.4) is 0 Å². The Morgan fingerprint density at radius 1 is 0.745 bits per heavy atom. The fraction of sp³-hybridized carbons (Fsp3) is 0.303. The minimum Gasteiger partial charge on any atom is -0.386 e. The summed E-state index contributed by atoms with van der Waals surface area (Å²) in [4.78, 5) is 11.5. The van der Waals surface area contributed by atoms with Crippen LogP contribution in [-0.2, 0) is 18.1 Å². The van der Waals surface area contributed by atoms with E-state index in [1.807, 2.05) is 21.9 Å². The monoisotopic (exact) mass is 720 g/mol. The summed E-state index contributed by atoms with van der Waals surface area (Å²) in [5, 5.41) is 31.3. The lowest BCUT2D eigenvalue weighted by molar-refractivity contribution is -0.207. The molecule has 0 saturated carbocycles. The van der Waals surface area contributed by atoms with E-state index < -0.39 is 71.2 Å². The summed E-state index contributed by atoms with van der Waals surface area (Å²) in [5.41, 5.74) is -3.43. The second-order valence-electron chi connectivity index (χ2n) is 11.9. The van der Waals surface area contributed by atoms with E-state index in [1.165, 1.54) is 18.5 Å². The highest BCUT2D eigenvalue weighted by molar-refractivity contribution is 5.66. The largest absolute Gasteiger partial charge is 0.391 e. The third-order valence-corrected chi connectivity index (χ3v) is 8.57. The number of alkyl halides is 5. The summed E-state index contributed by atoms with van der Waals surface area (Å²) in [6.45, 7) is 0.910. The number of aliphatic hydroxyl groups is 2. The first-order chi connectivity index (χ1) is 24.1. The Bertz CT molecular complexity index is 1960. The summed E-state index contributed by atoms with van der Waals surface area (Å²) in [7, 11) is 0. The number of hydrogen-bond donors (Lipinski definition) is 2. The number of aliphatic hydroxyl groups excluding tert-OH is 1. The molecule has 51 heavy (non-hydrogen) atoms. The zero-order valence-corrected chi connectivity index (χ0v) is 26.3. The Balaban J connectivity index is 1.13. The van der Waals surface area contributed by atoms with Crippen molar-refractivity contribution in [3.63, 3.8) is 0 Å². The lowest BCUT2D eigenvalue weighted by Gasteiger charge is -2.37. The molecule has 1 saturated heterocycles. The van der Waals surface area contributed by atoms with Crippen molar-refractivity contribution in [2.45, 2.75) is 36.8 Å². The molecule has 2 aromatic carbocycles. The second-order valence-corrected chi connectivity index (χ2v) is 11.9. The molecule has 1 fully saturated rings. The van der Waals surface area contributed by atoms with Crippen molar-refractivity contribution in [3.8, 4) is 11.1 Å². The Labute approximate surface area is 284 Å². The van der Waals surface area contributed by atoms with Crippen LogP contribution in [0.5, 0.6) is 0 Å². The highest BCUT2D eigenvalue weighted by Gasteiger charge is 2.58. The van der Waals surface area contributed by atoms with Gasteiger partial charge in [-0.05, 0) is 46.3 Å². The molecule has 3 aromatic heterocycles. The third-order valence-electron chi connectivity index (χ3n) is 8.57. The lowest BCUT2D eigenvalue weighted by Crippen LogP contribution is -2.48. The Morgan fingerprint density at radius 3 is 1.98 bits per heavy atom. The van der Waals surface area contributed by atoms with Crippen molar-refractivity contribution in [3.05, 3.63) is 114 Å². The van der Waals surface area contributed by atoms with Crippen LogP contribution in [-0.4, -0.2) is 72.7 Å². The zero-order chi connectivity index (χ0) is 36.6. The predicted octanol–water partition coefficient (Wildman–Crippen LogP) is 5.54. The van der Waals surface area contributed by atoms with Gasteiger partial charge in [-0.2, -0.15) is 22.0 Å². The van der Waals surface area contributed by atoms with Crippen LogP contribution >= 0.6 is 0 Å². The number of nitrogens with zero attached hydrogens (tertiary/aromatic N) is 8. The predicted molar refractivity (Wildman–Crippen MR) is 166 cm³/mol. The smallest absolute Gasteiger partial charge is 0.386 e. The molecule has 1 aliphatic heterocycles. The van der Waals surface area contributed by atoms with Crippen LogP contribution in [0.25, 0.3) is 11.1 Å². The molecule has 2 N–H and O–H groups in total. The average Bonchev–Trinajstić information content (AvgIpc) is 3.60. The van der Waals surface area contributed by atoms with E-state index in [0.29, 0.717) is 49.1 Å². The van der Waals surface area contributed by atoms with Gasteiger partial charge in [-0.15, -0.1) is 5.10 Å². The molecule has 6 rings (SSSR count). The summed E-state index contributed by atoms with van der Waals surface area (Å²) in [6.07, 6.45) is -5.03. The molecule has 0 amide bonds. The summed E-state index contributed by atoms with van der Waals surface area (Å²) >= 11 is 0. The molecule has 10 nitrogen and oxygen atoms in total. The van der Waals surface area contributed by atoms with E-state index in [4.69, 9.17) is 0 Å². The van der Waals surface area contributed by atoms with Gasteiger partial charge in [0, 0.05) is 61.3 Å². The van der Waals surface area contributed by atoms with E-state index >= 15 is 8.78 Å². The number of rotatable bonds is 10. The highest BCUT2D eigenvalue weighted by atomic mass is 19.4. The van der Waals surface area contributed by atoms with Gasteiger partial charge in [0.2, 0.25) is 0 Å². The SMILES string of the molecule is OC(CC(F)(F)F)c1ncc(N2CCN(c3ccc(-c4ccc(C(F)(F)[C@](O)(Cn5cnnn5)c5ccc(F)cc5F)nc4)cc3)CC2)cc1F. The highest BCUT2D eigenvalue weighted by Crippen LogP contribution is 2.47. The quantitative estimate of drug-likeness (QED) is 0.180. The van der Waals surface area contributed by atoms with Crippen molar-refractivity contribution in [2.24, 2.45) is 0 Å². The van der Waals surface area contributed by atoms with Crippen LogP contribution in [0.4, 0.5) is 46.5 Å². The second kappa shape index (κ2) is 13.8. The Kier molecular flexibility index (Phi) is 9.65. The van der Waals surface area contributed by atoms with E-state index in [2.05, 4.69) is 25.5 Å². The van der Waals surface area contributed by atoms with E-state index in [9.17, 15) is 36.6 Å². The molecule has 0 bridgehead atoms. The number of pyridine rings is 2. The first kappa shape index (κ1) is 35.6. The molecular formula is C33H28F8N8O2. The average molecular weight is 721 g/mol. The topological polar surface area (TPSA) is 116 Å². The van der Waals surface area contributed by atoms with E-state index in [0.717, 1.165) is 41.0 Å². The van der Waals surface area contributed by atoms with Gasteiger partial charge in [-0.3, -0.25) is 9.97 Å². The maximum absolute atomic E-state index is 16.1. The molecule has 2 atom stereocenters. The maximum atomic E-state index is 16.1. The minimum atomic E-state index is -4.68. The summed E-state index contributed by atoms with van der Waals surface area (Å²) in [5.74, 6) is -7.66. The van der Waals surface area contributed by atoms with Crippen LogP contribution < -0.4 is 9.80 Å². The number of halogens is 8. The third kappa shape index (κ3) is 7.46. The molecule has 0 radical (unpaired) electrons. The number of piperazine rings is 1. The molecule has 268 valence electrons. The van der Waals surface area contributed by atoms with Crippen LogP contribution in [0.2, 0.25) is 0 Å². The Hall–Kier alpha value is -5.23. The van der Waals surface area contributed by atoms with Crippen molar-refractivity contribution in [1.29, 1.82) is 0 Å². The van der Waals surface area contributed by atoms with Crippen LogP contribution in [0, 0.1) is 17.5 Å². The number of hydrogen-bond acceptors (Lipinski definition) is 9. The van der Waals surface area contributed by atoms with Gasteiger partial charge in [-0.25, -0.2) is 17.9 Å². The van der Waals surface area contributed by atoms with Gasteiger partial charge in [0.1, 0.15) is 41.3 Å². The van der Waals surface area contributed by atoms with Gasteiger partial charge in [0.15, 0.2) is 5.60 Å². The van der Waals surface area contributed by atoms with Gasteiger partial charge < -0.3 is 20.0 Å². The maximum Gasteiger partial charge on any atom is 0.391 e. The molecule has 1 unspecified atom stereocenters. The van der Waals surface area contributed by atoms with E-state index in [-0.39, 0.29) is 0 Å². The van der Waals surface area contributed by atoms with Gasteiger partial charge in [0.25, 0.3) is 0 Å². The van der Waals surface area contributed by atoms with Crippen molar-refractivity contribution in [2.75, 3.05) is 36.0 Å². The zero-order valence-electron chi connectivity index (χ0n) is 26.3. The molecule has 0 aliphatic carbocycles. The molecular weight excluding hydrogens is 692 g/mol. The molecule has 4 heterocycles. The molecule has 0 spiro atoms. The Morgan fingerprint density at radius 2 is 1.41 bits per heavy atom. The van der Waals surface area contributed by atoms with Gasteiger partial charge in [0.05, 0.1) is 24.8 Å². The van der Waals surface area contributed by atoms with Crippen molar-refractivity contribution in [1.82, 2.24) is 30.2 Å². The van der Waals surface area contributed by atoms with E-state index in [1.54, 1.807) is 12.1 Å². The van der Waals surface area contributed by atoms with Gasteiger partial charge >= 0.3 is 12.1 Å². The standard InChI is InChI=1S/C33H28F8N8O2/c34-22-4-7-25(26(35)13-22)31(51,18-49-19-44-45-46-49)33(40,41)29-8-3-21(16-42-29)20-1-5-23(6-2-20)47-9-11-48(12-10-47)24-14-27(36)30(43-17-24)28(50)15-32(37,38)39/h1-8,13-14,16-17,19,28,50-51H,9-12,15,18H2/t28?,31-/m0/s1. The number of aromatic nitrogens is 6. The first-order valence-electron chi connectivity index (χ1n) is 15.4. The summed E-state index contributed by atoms with van der Waals surface area (Å²) < 4.78 is 114. The van der Waals surface area contributed by atoms with Crippen LogP contribution in [0.15, 0.2) is 79.4 Å². The van der Waals surface area contributed by atoms with Gasteiger partial charge in [-0.1, -0.05) is 18.2 Å². The van der Waals surface area contributed by atoms with Crippen molar-refractivity contribution >= 4 is 11.4 Å². The van der Waals surface area contributed by atoms with Crippen molar-refractivity contribution < 1.29 is 45.3 Å². The fourth-order valence-electron chi connectivity index (χ4n) is 5.89. The number of tetrazole rings is 1. The summed E-state index contributed by atoms with van der Waals surface area (Å²) in [6, 6.07) is 12.4. The molecule has 1 aliphatic rings. The minimum absolute atomic E-state index is 0.364. The lowest BCUT2D eigenvalue weighted by atomic mass is 9.84. The number of anilines is 2. The normalized spacial score (nSPS) is 15.9. The number of benzene rings is 2. The molecule has 18 heteroatoms.